The Morgan fingerprint density at radius 2 is 1.87 bits per heavy atom. The van der Waals surface area contributed by atoms with Crippen LogP contribution in [0.3, 0.4) is 0 Å². The summed E-state index contributed by atoms with van der Waals surface area (Å²) in [6.45, 7) is 3.81. The third kappa shape index (κ3) is 2.34. The molecule has 0 spiro atoms. The summed E-state index contributed by atoms with van der Waals surface area (Å²) >= 11 is 11.1. The molecule has 1 rings (SSSR count). The zero-order valence-corrected chi connectivity index (χ0v) is 10.2. The number of carbonyl (C=O) groups excluding carboxylic acids is 2. The molecule has 2 atom stereocenters. The summed E-state index contributed by atoms with van der Waals surface area (Å²) < 4.78 is 4.45. The largest absolute Gasteiger partial charge is 0.465 e. The van der Waals surface area contributed by atoms with E-state index in [1.807, 2.05) is 13.8 Å². The van der Waals surface area contributed by atoms with Crippen molar-refractivity contribution in [3.05, 3.63) is 11.1 Å². The zero-order chi connectivity index (χ0) is 11.8. The highest BCUT2D eigenvalue weighted by molar-refractivity contribution is 6.64. The predicted molar refractivity (Wildman–Crippen MR) is 57.6 cm³/mol. The van der Waals surface area contributed by atoms with E-state index in [4.69, 9.17) is 23.2 Å². The summed E-state index contributed by atoms with van der Waals surface area (Å²) in [7, 11) is 1.25. The van der Waals surface area contributed by atoms with Crippen LogP contribution in [0.25, 0.3) is 0 Å². The van der Waals surface area contributed by atoms with Crippen molar-refractivity contribution >= 4 is 34.4 Å². The molecule has 0 N–H and O–H groups in total. The standard InChI is InChI=1S/C10H12Cl2O3/c1-10(2)5(7(10)8(12)13)4-6(11)9(14)15-3/h4-5,7H,1-3H3/b6-4+/t5-,7-/m0/s1. The van der Waals surface area contributed by atoms with Crippen molar-refractivity contribution in [2.24, 2.45) is 17.3 Å². The van der Waals surface area contributed by atoms with Gasteiger partial charge >= 0.3 is 5.97 Å². The molecule has 1 fully saturated rings. The van der Waals surface area contributed by atoms with E-state index >= 15 is 0 Å². The third-order valence-electron chi connectivity index (χ3n) is 2.86. The fourth-order valence-electron chi connectivity index (χ4n) is 1.75. The maximum Gasteiger partial charge on any atom is 0.349 e. The number of esters is 1. The van der Waals surface area contributed by atoms with Gasteiger partial charge in [-0.15, -0.1) is 0 Å². The average molecular weight is 251 g/mol. The van der Waals surface area contributed by atoms with E-state index in [1.165, 1.54) is 7.11 Å². The number of rotatable bonds is 3. The van der Waals surface area contributed by atoms with E-state index in [2.05, 4.69) is 4.74 Å². The van der Waals surface area contributed by atoms with Gasteiger partial charge < -0.3 is 4.74 Å². The highest BCUT2D eigenvalue weighted by Gasteiger charge is 2.60. The van der Waals surface area contributed by atoms with Crippen LogP contribution in [0.5, 0.6) is 0 Å². The highest BCUT2D eigenvalue weighted by atomic mass is 35.5. The lowest BCUT2D eigenvalue weighted by molar-refractivity contribution is -0.135. The summed E-state index contributed by atoms with van der Waals surface area (Å²) in [6, 6.07) is 0. The van der Waals surface area contributed by atoms with Gasteiger partial charge in [0.1, 0.15) is 5.03 Å². The molecule has 1 saturated carbocycles. The molecule has 84 valence electrons. The molecular formula is C10H12Cl2O3. The number of methoxy groups -OCH3 is 1. The Labute approximate surface area is 98.4 Å². The van der Waals surface area contributed by atoms with E-state index in [-0.39, 0.29) is 22.3 Å². The topological polar surface area (TPSA) is 43.4 Å². The smallest absolute Gasteiger partial charge is 0.349 e. The number of carbonyl (C=O) groups is 2. The molecule has 15 heavy (non-hydrogen) atoms. The molecule has 1 aliphatic rings. The fourth-order valence-corrected chi connectivity index (χ4v) is 2.38. The van der Waals surface area contributed by atoms with E-state index in [0.29, 0.717) is 0 Å². The monoisotopic (exact) mass is 250 g/mol. The first kappa shape index (κ1) is 12.5. The van der Waals surface area contributed by atoms with Crippen LogP contribution in [0.1, 0.15) is 13.8 Å². The average Bonchev–Trinajstić information content (AvgIpc) is 2.66. The van der Waals surface area contributed by atoms with Crippen LogP contribution in [-0.4, -0.2) is 18.3 Å². The van der Waals surface area contributed by atoms with Crippen molar-refractivity contribution in [3.8, 4) is 0 Å². The summed E-state index contributed by atoms with van der Waals surface area (Å²) in [4.78, 5) is 22.1. The maximum absolute atomic E-state index is 11.0. The molecule has 0 amide bonds. The number of ether oxygens (including phenoxy) is 1. The Morgan fingerprint density at radius 3 is 2.20 bits per heavy atom. The molecule has 0 bridgehead atoms. The van der Waals surface area contributed by atoms with Gasteiger partial charge in [-0.2, -0.15) is 0 Å². The first-order chi connectivity index (χ1) is 6.82. The third-order valence-corrected chi connectivity index (χ3v) is 3.38. The Morgan fingerprint density at radius 1 is 1.33 bits per heavy atom. The molecule has 0 aliphatic heterocycles. The van der Waals surface area contributed by atoms with Gasteiger partial charge in [-0.05, 0) is 22.9 Å². The number of hydrogen-bond donors (Lipinski definition) is 0. The van der Waals surface area contributed by atoms with Gasteiger partial charge in [-0.3, -0.25) is 4.79 Å². The second kappa shape index (κ2) is 4.14. The lowest BCUT2D eigenvalue weighted by Gasteiger charge is -1.98. The first-order valence-electron chi connectivity index (χ1n) is 4.47. The van der Waals surface area contributed by atoms with E-state index in [1.54, 1.807) is 6.08 Å². The predicted octanol–water partition coefficient (Wildman–Crippen LogP) is 2.32. The van der Waals surface area contributed by atoms with Crippen LogP contribution < -0.4 is 0 Å². The molecule has 5 heteroatoms. The molecule has 3 nitrogen and oxygen atoms in total. The lowest BCUT2D eigenvalue weighted by Crippen LogP contribution is -2.00. The van der Waals surface area contributed by atoms with Gasteiger partial charge in [-0.25, -0.2) is 4.79 Å². The Balaban J connectivity index is 2.78. The maximum atomic E-state index is 11.0. The van der Waals surface area contributed by atoms with E-state index < -0.39 is 11.2 Å². The second-order valence-electron chi connectivity index (χ2n) is 4.14. The first-order valence-corrected chi connectivity index (χ1v) is 5.23. The summed E-state index contributed by atoms with van der Waals surface area (Å²) in [5.74, 6) is -0.952. The zero-order valence-electron chi connectivity index (χ0n) is 8.71. The van der Waals surface area contributed by atoms with E-state index in [0.717, 1.165) is 0 Å². The number of halogens is 2. The van der Waals surface area contributed by atoms with Crippen LogP contribution in [0.15, 0.2) is 11.1 Å². The van der Waals surface area contributed by atoms with Crippen molar-refractivity contribution in [1.82, 2.24) is 0 Å². The fraction of sp³-hybridized carbons (Fsp3) is 0.600. The van der Waals surface area contributed by atoms with Crippen LogP contribution in [0.2, 0.25) is 0 Å². The van der Waals surface area contributed by atoms with Gasteiger partial charge in [0.15, 0.2) is 0 Å². The van der Waals surface area contributed by atoms with Gasteiger partial charge in [0.05, 0.1) is 7.11 Å². The number of hydrogen-bond acceptors (Lipinski definition) is 3. The second-order valence-corrected chi connectivity index (χ2v) is 4.91. The van der Waals surface area contributed by atoms with Crippen molar-refractivity contribution in [3.63, 3.8) is 0 Å². The van der Waals surface area contributed by atoms with Gasteiger partial charge in [0, 0.05) is 5.92 Å². The highest BCUT2D eigenvalue weighted by Crippen LogP contribution is 2.60. The quantitative estimate of drug-likeness (QED) is 0.439. The molecule has 0 heterocycles. The van der Waals surface area contributed by atoms with Crippen LogP contribution in [-0.2, 0) is 14.3 Å². The van der Waals surface area contributed by atoms with Crippen molar-refractivity contribution in [2.45, 2.75) is 13.8 Å². The summed E-state index contributed by atoms with van der Waals surface area (Å²) in [6.07, 6.45) is 1.54. The lowest BCUT2D eigenvalue weighted by atomic mass is 10.1. The minimum Gasteiger partial charge on any atom is -0.465 e. The molecule has 0 aromatic heterocycles. The summed E-state index contributed by atoms with van der Waals surface area (Å²) in [5.41, 5.74) is -0.229. The van der Waals surface area contributed by atoms with Crippen LogP contribution >= 0.6 is 23.2 Å². The molecule has 0 aromatic rings. The van der Waals surface area contributed by atoms with Crippen LogP contribution in [0, 0.1) is 17.3 Å². The summed E-state index contributed by atoms with van der Waals surface area (Å²) in [5, 5.41) is -0.397. The molecule has 0 radical (unpaired) electrons. The normalized spacial score (nSPS) is 28.5. The van der Waals surface area contributed by atoms with Crippen molar-refractivity contribution in [2.75, 3.05) is 7.11 Å². The van der Waals surface area contributed by atoms with Gasteiger partial charge in [0.25, 0.3) is 0 Å². The van der Waals surface area contributed by atoms with Gasteiger partial charge in [-0.1, -0.05) is 31.5 Å². The molecular weight excluding hydrogens is 239 g/mol. The number of allylic oxidation sites excluding steroid dienone is 1. The Bertz CT molecular complexity index is 334. The minimum absolute atomic E-state index is 0.00371. The van der Waals surface area contributed by atoms with E-state index in [9.17, 15) is 9.59 Å². The van der Waals surface area contributed by atoms with Crippen LogP contribution in [0.4, 0.5) is 0 Å². The van der Waals surface area contributed by atoms with Crippen molar-refractivity contribution < 1.29 is 14.3 Å². The molecule has 1 aliphatic carbocycles. The minimum atomic E-state index is -0.597. The SMILES string of the molecule is COC(=O)/C(Cl)=C\[C@H]1[C@@H](C(=O)Cl)C1(C)C. The van der Waals surface area contributed by atoms with Gasteiger partial charge in [0.2, 0.25) is 5.24 Å². The Hall–Kier alpha value is -0.540. The van der Waals surface area contributed by atoms with Crippen molar-refractivity contribution in [1.29, 1.82) is 0 Å². The molecule has 0 aromatic carbocycles. The Kier molecular flexibility index (Phi) is 3.46. The molecule has 0 saturated heterocycles. The molecule has 0 unspecified atom stereocenters.